The first-order chi connectivity index (χ1) is 19.1. The Kier molecular flexibility index (Phi) is 10.6. The Morgan fingerprint density at radius 3 is 2.10 bits per heavy atom. The Bertz CT molecular complexity index is 1380. The van der Waals surface area contributed by atoms with E-state index in [0.717, 1.165) is 16.3 Å². The molecule has 2 amide bonds. The molecule has 0 heterocycles. The molecule has 10 heteroatoms. The number of nitrogens with one attached hydrogen (secondary N) is 1. The van der Waals surface area contributed by atoms with Crippen LogP contribution in [0.1, 0.15) is 32.8 Å². The zero-order valence-electron chi connectivity index (χ0n) is 23.5. The normalized spacial score (nSPS) is 12.6. The molecule has 0 fully saturated rings. The molecule has 0 spiro atoms. The average molecular weight is 568 g/mol. The summed E-state index contributed by atoms with van der Waals surface area (Å²) in [6.07, 6.45) is 0.729. The van der Waals surface area contributed by atoms with E-state index in [-0.39, 0.29) is 34.8 Å². The van der Waals surface area contributed by atoms with E-state index in [1.165, 1.54) is 43.4 Å². The highest BCUT2D eigenvalue weighted by Gasteiger charge is 2.34. The van der Waals surface area contributed by atoms with Crippen LogP contribution in [0.4, 0.5) is 5.69 Å². The van der Waals surface area contributed by atoms with Gasteiger partial charge in [0.15, 0.2) is 0 Å². The van der Waals surface area contributed by atoms with Gasteiger partial charge in [0.25, 0.3) is 10.0 Å². The van der Waals surface area contributed by atoms with E-state index in [4.69, 9.17) is 9.47 Å². The van der Waals surface area contributed by atoms with Gasteiger partial charge in [-0.15, -0.1) is 0 Å². The number of hydrogen-bond donors (Lipinski definition) is 1. The van der Waals surface area contributed by atoms with E-state index >= 15 is 0 Å². The fourth-order valence-corrected chi connectivity index (χ4v) is 5.48. The van der Waals surface area contributed by atoms with Gasteiger partial charge in [0.1, 0.15) is 24.1 Å². The largest absolute Gasteiger partial charge is 0.497 e. The molecule has 0 saturated carbocycles. The second kappa shape index (κ2) is 13.8. The number of para-hydroxylation sites is 2. The number of carbonyl (C=O) groups is 2. The lowest BCUT2D eigenvalue weighted by molar-refractivity contribution is -0.139. The van der Waals surface area contributed by atoms with Gasteiger partial charge in [0, 0.05) is 12.6 Å². The van der Waals surface area contributed by atoms with Gasteiger partial charge in [0.05, 0.1) is 24.8 Å². The maximum absolute atomic E-state index is 14.0. The van der Waals surface area contributed by atoms with Crippen molar-refractivity contribution in [2.75, 3.05) is 25.1 Å². The van der Waals surface area contributed by atoms with Gasteiger partial charge in [-0.25, -0.2) is 8.42 Å². The number of benzene rings is 3. The molecule has 3 aromatic rings. The number of ether oxygens (including phenoxy) is 2. The third-order valence-corrected chi connectivity index (χ3v) is 8.42. The molecule has 40 heavy (non-hydrogen) atoms. The summed E-state index contributed by atoms with van der Waals surface area (Å²) < 4.78 is 39.6. The molecule has 9 nitrogen and oxygen atoms in total. The number of amides is 2. The van der Waals surface area contributed by atoms with Crippen molar-refractivity contribution in [1.29, 1.82) is 0 Å². The molecule has 0 saturated heterocycles. The van der Waals surface area contributed by atoms with E-state index < -0.39 is 28.5 Å². The maximum Gasteiger partial charge on any atom is 0.264 e. The van der Waals surface area contributed by atoms with E-state index in [9.17, 15) is 18.0 Å². The van der Waals surface area contributed by atoms with Crippen LogP contribution < -0.4 is 19.1 Å². The Labute approximate surface area is 236 Å². The van der Waals surface area contributed by atoms with Crippen LogP contribution >= 0.6 is 0 Å². The minimum absolute atomic E-state index is 0.0239. The van der Waals surface area contributed by atoms with Crippen molar-refractivity contribution in [3.05, 3.63) is 84.4 Å². The number of nitrogens with zero attached hydrogens (tertiary/aromatic N) is 2. The smallest absolute Gasteiger partial charge is 0.264 e. The third-order valence-electron chi connectivity index (χ3n) is 6.64. The Morgan fingerprint density at radius 2 is 1.50 bits per heavy atom. The van der Waals surface area contributed by atoms with Gasteiger partial charge in [-0.2, -0.15) is 0 Å². The minimum Gasteiger partial charge on any atom is -0.497 e. The third kappa shape index (κ3) is 7.32. The topological polar surface area (TPSA) is 105 Å². The zero-order chi connectivity index (χ0) is 29.3. The van der Waals surface area contributed by atoms with Crippen LogP contribution in [0.25, 0.3) is 0 Å². The second-order valence-corrected chi connectivity index (χ2v) is 11.2. The van der Waals surface area contributed by atoms with Gasteiger partial charge in [-0.3, -0.25) is 13.9 Å². The molecule has 0 radical (unpaired) electrons. The van der Waals surface area contributed by atoms with Crippen LogP contribution in [0.2, 0.25) is 0 Å². The highest BCUT2D eigenvalue weighted by molar-refractivity contribution is 7.92. The number of anilines is 1. The van der Waals surface area contributed by atoms with Gasteiger partial charge in [-0.1, -0.05) is 49.4 Å². The van der Waals surface area contributed by atoms with Crippen LogP contribution in [0.5, 0.6) is 11.5 Å². The molecule has 3 rings (SSSR count). The van der Waals surface area contributed by atoms with Crippen LogP contribution in [0, 0.1) is 0 Å². The number of carbonyl (C=O) groups excluding carboxylic acids is 2. The van der Waals surface area contributed by atoms with Gasteiger partial charge in [0.2, 0.25) is 11.8 Å². The lowest BCUT2D eigenvalue weighted by Crippen LogP contribution is -2.52. The van der Waals surface area contributed by atoms with Crippen molar-refractivity contribution in [3.8, 4) is 11.5 Å². The van der Waals surface area contributed by atoms with Gasteiger partial charge in [-0.05, 0) is 62.2 Å². The molecule has 2 atom stereocenters. The summed E-state index contributed by atoms with van der Waals surface area (Å²) in [6, 6.07) is 20.8. The van der Waals surface area contributed by atoms with Gasteiger partial charge < -0.3 is 19.7 Å². The van der Waals surface area contributed by atoms with Crippen molar-refractivity contribution >= 4 is 27.5 Å². The van der Waals surface area contributed by atoms with Crippen molar-refractivity contribution in [2.24, 2.45) is 0 Å². The molecule has 1 N–H and O–H groups in total. The van der Waals surface area contributed by atoms with E-state index in [0.29, 0.717) is 5.75 Å². The Hall–Kier alpha value is -4.05. The van der Waals surface area contributed by atoms with Crippen LogP contribution in [0.15, 0.2) is 83.8 Å². The molecule has 0 aromatic heterocycles. The highest BCUT2D eigenvalue weighted by atomic mass is 32.2. The quantitative estimate of drug-likeness (QED) is 0.332. The van der Waals surface area contributed by atoms with E-state index in [1.807, 2.05) is 44.2 Å². The lowest BCUT2D eigenvalue weighted by Gasteiger charge is -2.32. The summed E-state index contributed by atoms with van der Waals surface area (Å²) in [7, 11) is -1.31. The molecule has 0 aliphatic carbocycles. The zero-order valence-corrected chi connectivity index (χ0v) is 24.4. The monoisotopic (exact) mass is 567 g/mol. The van der Waals surface area contributed by atoms with Gasteiger partial charge >= 0.3 is 0 Å². The number of hydrogen-bond acceptors (Lipinski definition) is 6. The number of sulfonamides is 1. The summed E-state index contributed by atoms with van der Waals surface area (Å²) in [5.41, 5.74) is 1.01. The molecular weight excluding hydrogens is 530 g/mol. The first-order valence-corrected chi connectivity index (χ1v) is 14.5. The van der Waals surface area contributed by atoms with Crippen LogP contribution in [-0.4, -0.2) is 58.0 Å². The molecule has 3 aromatic carbocycles. The summed E-state index contributed by atoms with van der Waals surface area (Å²) in [5, 5.41) is 2.92. The average Bonchev–Trinajstić information content (AvgIpc) is 2.98. The standard InChI is InChI=1S/C30H37N3O6S/c1-6-22(2)31-30(35)23(3)32(20-24-12-8-7-9-13-24)29(34)21-33(27-14-10-11-15-28(27)39-5)40(36,37)26-18-16-25(38-4)17-19-26/h7-19,22-23H,6,20-21H2,1-5H3,(H,31,35)/t22-,23+/m0/s1. The number of rotatable bonds is 13. The Balaban J connectivity index is 2.05. The summed E-state index contributed by atoms with van der Waals surface area (Å²) >= 11 is 0. The number of methoxy groups -OCH3 is 2. The minimum atomic E-state index is -4.23. The molecule has 0 aliphatic heterocycles. The second-order valence-electron chi connectivity index (χ2n) is 9.36. The first-order valence-electron chi connectivity index (χ1n) is 13.1. The molecule has 214 valence electrons. The van der Waals surface area contributed by atoms with Crippen molar-refractivity contribution in [2.45, 2.75) is 50.7 Å². The first kappa shape index (κ1) is 30.5. The lowest BCUT2D eigenvalue weighted by atomic mass is 10.1. The predicted octanol–water partition coefficient (Wildman–Crippen LogP) is 4.23. The fourth-order valence-electron chi connectivity index (χ4n) is 4.05. The van der Waals surface area contributed by atoms with Crippen LogP contribution in [-0.2, 0) is 26.2 Å². The van der Waals surface area contributed by atoms with Crippen molar-refractivity contribution in [1.82, 2.24) is 10.2 Å². The van der Waals surface area contributed by atoms with Crippen LogP contribution in [0.3, 0.4) is 0 Å². The Morgan fingerprint density at radius 1 is 0.875 bits per heavy atom. The SMILES string of the molecule is CC[C@H](C)NC(=O)[C@@H](C)N(Cc1ccccc1)C(=O)CN(c1ccccc1OC)S(=O)(=O)c1ccc(OC)cc1. The molecule has 0 bridgehead atoms. The summed E-state index contributed by atoms with van der Waals surface area (Å²) in [5.74, 6) is -0.0854. The predicted molar refractivity (Wildman–Crippen MR) is 155 cm³/mol. The fraction of sp³-hybridized carbons (Fsp3) is 0.333. The molecule has 0 aliphatic rings. The molecule has 0 unspecified atom stereocenters. The van der Waals surface area contributed by atoms with Crippen molar-refractivity contribution in [3.63, 3.8) is 0 Å². The summed E-state index contributed by atoms with van der Waals surface area (Å²) in [6.45, 7) is 5.06. The van der Waals surface area contributed by atoms with Crippen molar-refractivity contribution < 1.29 is 27.5 Å². The summed E-state index contributed by atoms with van der Waals surface area (Å²) in [4.78, 5) is 28.5. The highest BCUT2D eigenvalue weighted by Crippen LogP contribution is 2.33. The molecular formula is C30H37N3O6S. The van der Waals surface area contributed by atoms with E-state index in [2.05, 4.69) is 5.32 Å². The van der Waals surface area contributed by atoms with E-state index in [1.54, 1.807) is 31.2 Å². The maximum atomic E-state index is 14.0.